The van der Waals surface area contributed by atoms with Crippen LogP contribution in [0.25, 0.3) is 5.78 Å². The monoisotopic (exact) mass is 421 g/mol. The quantitative estimate of drug-likeness (QED) is 0.651. The van der Waals surface area contributed by atoms with Crippen molar-refractivity contribution in [2.75, 3.05) is 12.4 Å². The number of anilines is 1. The van der Waals surface area contributed by atoms with Gasteiger partial charge in [-0.25, -0.2) is 14.3 Å². The third kappa shape index (κ3) is 4.09. The van der Waals surface area contributed by atoms with Crippen LogP contribution >= 0.6 is 0 Å². The summed E-state index contributed by atoms with van der Waals surface area (Å²) in [6.45, 7) is 4.89. The number of esters is 1. The lowest BCUT2D eigenvalue weighted by Crippen LogP contribution is -2.18. The van der Waals surface area contributed by atoms with Gasteiger partial charge < -0.3 is 10.1 Å². The fourth-order valence-electron chi connectivity index (χ4n) is 2.94. The standard InChI is InChI=1S/C19H18F3N5O3/c1-9-5-6-12(16(29)30-4)7-14(9)24-15(28)8-13-10(2)23-18-25-17(19(20,21)22)26-27(18)11(13)3/h5-7H,8H2,1-4H3,(H,24,28). The van der Waals surface area contributed by atoms with E-state index in [9.17, 15) is 22.8 Å². The van der Waals surface area contributed by atoms with E-state index < -0.39 is 23.9 Å². The maximum absolute atomic E-state index is 12.9. The number of alkyl halides is 3. The number of carbonyl (C=O) groups excluding carboxylic acids is 2. The first-order valence-electron chi connectivity index (χ1n) is 8.80. The highest BCUT2D eigenvalue weighted by Gasteiger charge is 2.37. The minimum atomic E-state index is -4.70. The zero-order valence-corrected chi connectivity index (χ0v) is 16.6. The molecule has 0 aliphatic carbocycles. The molecule has 3 aromatic rings. The van der Waals surface area contributed by atoms with Gasteiger partial charge in [-0.1, -0.05) is 6.07 Å². The predicted molar refractivity (Wildman–Crippen MR) is 100 cm³/mol. The number of nitrogens with zero attached hydrogens (tertiary/aromatic N) is 4. The predicted octanol–water partition coefficient (Wildman–Crippen LogP) is 3.04. The summed E-state index contributed by atoms with van der Waals surface area (Å²) in [5.74, 6) is -2.46. The zero-order valence-electron chi connectivity index (χ0n) is 16.6. The van der Waals surface area contributed by atoms with E-state index in [4.69, 9.17) is 0 Å². The van der Waals surface area contributed by atoms with Gasteiger partial charge in [0.15, 0.2) is 0 Å². The number of fused-ring (bicyclic) bond motifs is 1. The number of methoxy groups -OCH3 is 1. The van der Waals surface area contributed by atoms with Crippen LogP contribution in [-0.4, -0.2) is 38.6 Å². The zero-order chi connectivity index (χ0) is 22.2. The second-order valence-electron chi connectivity index (χ2n) is 6.65. The lowest BCUT2D eigenvalue weighted by atomic mass is 10.1. The molecule has 0 saturated carbocycles. The molecule has 0 unspecified atom stereocenters. The van der Waals surface area contributed by atoms with Crippen molar-refractivity contribution in [3.05, 3.63) is 52.1 Å². The summed E-state index contributed by atoms with van der Waals surface area (Å²) < 4.78 is 44.4. The van der Waals surface area contributed by atoms with E-state index in [-0.39, 0.29) is 17.8 Å². The molecule has 158 valence electrons. The molecule has 2 aromatic heterocycles. The van der Waals surface area contributed by atoms with E-state index in [0.29, 0.717) is 22.6 Å². The van der Waals surface area contributed by atoms with Gasteiger partial charge in [0.1, 0.15) is 0 Å². The Labute approximate surface area is 169 Å². The van der Waals surface area contributed by atoms with Gasteiger partial charge in [0.2, 0.25) is 5.91 Å². The summed E-state index contributed by atoms with van der Waals surface area (Å²) in [5, 5.41) is 6.18. The summed E-state index contributed by atoms with van der Waals surface area (Å²) in [5.41, 5.74) is 2.56. The molecule has 1 aromatic carbocycles. The van der Waals surface area contributed by atoms with Crippen molar-refractivity contribution >= 4 is 23.3 Å². The highest BCUT2D eigenvalue weighted by molar-refractivity contribution is 5.96. The van der Waals surface area contributed by atoms with Crippen molar-refractivity contribution in [2.24, 2.45) is 0 Å². The molecule has 0 radical (unpaired) electrons. The summed E-state index contributed by atoms with van der Waals surface area (Å²) >= 11 is 0. The molecular weight excluding hydrogens is 403 g/mol. The summed E-state index contributed by atoms with van der Waals surface area (Å²) in [6, 6.07) is 4.74. The number of benzene rings is 1. The van der Waals surface area contributed by atoms with Gasteiger partial charge in [-0.05, 0) is 38.5 Å². The van der Waals surface area contributed by atoms with E-state index in [1.807, 2.05) is 0 Å². The fraction of sp³-hybridized carbons (Fsp3) is 0.316. The second kappa shape index (κ2) is 7.73. The van der Waals surface area contributed by atoms with Crippen LogP contribution in [0.5, 0.6) is 0 Å². The number of nitrogens with one attached hydrogen (secondary N) is 1. The molecule has 0 fully saturated rings. The molecule has 0 bridgehead atoms. The summed E-state index contributed by atoms with van der Waals surface area (Å²) in [7, 11) is 1.25. The molecule has 30 heavy (non-hydrogen) atoms. The first-order valence-corrected chi connectivity index (χ1v) is 8.80. The third-order valence-electron chi connectivity index (χ3n) is 4.57. The van der Waals surface area contributed by atoms with Gasteiger partial charge in [-0.2, -0.15) is 18.2 Å². The Morgan fingerprint density at radius 3 is 2.50 bits per heavy atom. The number of rotatable bonds is 4. The Hall–Kier alpha value is -3.50. The Kier molecular flexibility index (Phi) is 5.47. The van der Waals surface area contributed by atoms with E-state index in [1.165, 1.54) is 13.2 Å². The Morgan fingerprint density at radius 2 is 1.87 bits per heavy atom. The average molecular weight is 421 g/mol. The molecule has 2 heterocycles. The number of aromatic nitrogens is 4. The Balaban J connectivity index is 1.89. The highest BCUT2D eigenvalue weighted by Crippen LogP contribution is 2.27. The molecule has 0 spiro atoms. The maximum Gasteiger partial charge on any atom is 0.453 e. The van der Waals surface area contributed by atoms with Crippen molar-refractivity contribution in [2.45, 2.75) is 33.4 Å². The smallest absolute Gasteiger partial charge is 0.453 e. The second-order valence-corrected chi connectivity index (χ2v) is 6.65. The Bertz CT molecular complexity index is 1150. The number of ether oxygens (including phenoxy) is 1. The molecular formula is C19H18F3N5O3. The van der Waals surface area contributed by atoms with Crippen LogP contribution in [0.15, 0.2) is 18.2 Å². The van der Waals surface area contributed by atoms with E-state index in [1.54, 1.807) is 32.9 Å². The number of hydrogen-bond donors (Lipinski definition) is 1. The fourth-order valence-corrected chi connectivity index (χ4v) is 2.94. The molecule has 0 aliphatic heterocycles. The highest BCUT2D eigenvalue weighted by atomic mass is 19.4. The van der Waals surface area contributed by atoms with Crippen LogP contribution < -0.4 is 5.32 Å². The Morgan fingerprint density at radius 1 is 1.17 bits per heavy atom. The average Bonchev–Trinajstić information content (AvgIpc) is 3.11. The van der Waals surface area contributed by atoms with Gasteiger partial charge in [-0.3, -0.25) is 4.79 Å². The van der Waals surface area contributed by atoms with Crippen molar-refractivity contribution in [3.8, 4) is 0 Å². The molecule has 8 nitrogen and oxygen atoms in total. The van der Waals surface area contributed by atoms with Crippen molar-refractivity contribution < 1.29 is 27.5 Å². The van der Waals surface area contributed by atoms with Gasteiger partial charge in [0.25, 0.3) is 11.6 Å². The molecule has 0 aliphatic rings. The van der Waals surface area contributed by atoms with Crippen LogP contribution in [0, 0.1) is 20.8 Å². The van der Waals surface area contributed by atoms with Crippen molar-refractivity contribution in [1.82, 2.24) is 19.6 Å². The van der Waals surface area contributed by atoms with Gasteiger partial charge >= 0.3 is 12.1 Å². The van der Waals surface area contributed by atoms with Gasteiger partial charge in [0, 0.05) is 22.6 Å². The van der Waals surface area contributed by atoms with Gasteiger partial charge in [-0.15, -0.1) is 5.10 Å². The minimum Gasteiger partial charge on any atom is -0.465 e. The number of carbonyl (C=O) groups is 2. The van der Waals surface area contributed by atoms with Crippen molar-refractivity contribution in [3.63, 3.8) is 0 Å². The van der Waals surface area contributed by atoms with E-state index in [2.05, 4.69) is 25.1 Å². The van der Waals surface area contributed by atoms with E-state index in [0.717, 1.165) is 10.1 Å². The van der Waals surface area contributed by atoms with Crippen LogP contribution in [0.4, 0.5) is 18.9 Å². The maximum atomic E-state index is 12.9. The van der Waals surface area contributed by atoms with Crippen LogP contribution in [0.2, 0.25) is 0 Å². The van der Waals surface area contributed by atoms with Crippen molar-refractivity contribution in [1.29, 1.82) is 0 Å². The number of hydrogen-bond acceptors (Lipinski definition) is 6. The van der Waals surface area contributed by atoms with Gasteiger partial charge in [0.05, 0.1) is 19.1 Å². The SMILES string of the molecule is COC(=O)c1ccc(C)c(NC(=O)Cc2c(C)nc3nc(C(F)(F)F)nn3c2C)c1. The minimum absolute atomic E-state index is 0.149. The molecule has 3 rings (SSSR count). The first kappa shape index (κ1) is 21.2. The van der Waals surface area contributed by atoms with Crippen LogP contribution in [0.3, 0.4) is 0 Å². The molecule has 0 atom stereocenters. The summed E-state index contributed by atoms with van der Waals surface area (Å²) in [4.78, 5) is 31.8. The van der Waals surface area contributed by atoms with E-state index >= 15 is 0 Å². The topological polar surface area (TPSA) is 98.5 Å². The first-order chi connectivity index (χ1) is 14.0. The molecule has 0 saturated heterocycles. The molecule has 1 amide bonds. The number of amides is 1. The third-order valence-corrected chi connectivity index (χ3v) is 4.57. The lowest BCUT2D eigenvalue weighted by molar-refractivity contribution is -0.144. The van der Waals surface area contributed by atoms with Crippen LogP contribution in [0.1, 0.15) is 38.7 Å². The number of aryl methyl sites for hydroxylation is 3. The van der Waals surface area contributed by atoms with Crippen LogP contribution in [-0.2, 0) is 22.1 Å². The largest absolute Gasteiger partial charge is 0.465 e. The molecule has 1 N–H and O–H groups in total. The summed E-state index contributed by atoms with van der Waals surface area (Å²) in [6.07, 6.45) is -4.85. The normalized spacial score (nSPS) is 11.6. The number of halogens is 3. The molecule has 11 heteroatoms. The lowest BCUT2D eigenvalue weighted by Gasteiger charge is -2.12.